The van der Waals surface area contributed by atoms with Crippen molar-refractivity contribution in [3.8, 4) is 0 Å². The van der Waals surface area contributed by atoms with E-state index >= 15 is 0 Å². The van der Waals surface area contributed by atoms with Gasteiger partial charge in [0.1, 0.15) is 11.3 Å². The second kappa shape index (κ2) is 3.70. The largest absolute Gasteiger partial charge is 0.461 e. The summed E-state index contributed by atoms with van der Waals surface area (Å²) < 4.78 is 5.80. The third-order valence-electron chi connectivity index (χ3n) is 3.13. The predicted molar refractivity (Wildman–Crippen MR) is 60.9 cm³/mol. The van der Waals surface area contributed by atoms with Crippen LogP contribution in [0.25, 0.3) is 11.0 Å². The second-order valence-corrected chi connectivity index (χ2v) is 4.31. The van der Waals surface area contributed by atoms with Gasteiger partial charge in [-0.2, -0.15) is 0 Å². The van der Waals surface area contributed by atoms with Crippen LogP contribution in [0.2, 0.25) is 0 Å². The summed E-state index contributed by atoms with van der Waals surface area (Å²) in [5, 5.41) is 4.61. The quantitative estimate of drug-likeness (QED) is 0.808. The molecule has 0 aliphatic carbocycles. The Hall–Kier alpha value is -1.28. The van der Waals surface area contributed by atoms with Crippen molar-refractivity contribution in [2.45, 2.75) is 12.8 Å². The van der Waals surface area contributed by atoms with Crippen LogP contribution in [0, 0.1) is 5.92 Å². The highest BCUT2D eigenvalue weighted by Gasteiger charge is 2.16. The van der Waals surface area contributed by atoms with Gasteiger partial charge < -0.3 is 9.73 Å². The van der Waals surface area contributed by atoms with Gasteiger partial charge in [-0.25, -0.2) is 0 Å². The normalized spacial score (nSPS) is 21.2. The highest BCUT2D eigenvalue weighted by atomic mass is 16.3. The Kier molecular flexibility index (Phi) is 2.22. The summed E-state index contributed by atoms with van der Waals surface area (Å²) in [6.07, 6.45) is 2.35. The van der Waals surface area contributed by atoms with Crippen LogP contribution in [-0.2, 0) is 6.42 Å². The fourth-order valence-electron chi connectivity index (χ4n) is 2.31. The van der Waals surface area contributed by atoms with E-state index in [1.165, 1.54) is 11.8 Å². The van der Waals surface area contributed by atoms with Crippen LogP contribution < -0.4 is 5.32 Å². The monoisotopic (exact) mass is 201 g/mol. The van der Waals surface area contributed by atoms with E-state index in [1.807, 2.05) is 12.1 Å². The van der Waals surface area contributed by atoms with E-state index in [0.29, 0.717) is 0 Å². The Morgan fingerprint density at radius 1 is 1.33 bits per heavy atom. The lowest BCUT2D eigenvalue weighted by Crippen LogP contribution is -2.10. The van der Waals surface area contributed by atoms with Gasteiger partial charge in [-0.1, -0.05) is 18.2 Å². The Balaban J connectivity index is 1.84. The van der Waals surface area contributed by atoms with Crippen LogP contribution in [0.15, 0.2) is 34.7 Å². The molecule has 1 aromatic carbocycles. The number of hydrogen-bond donors (Lipinski definition) is 1. The fourth-order valence-corrected chi connectivity index (χ4v) is 2.31. The minimum absolute atomic E-state index is 0.755. The maximum Gasteiger partial charge on any atom is 0.134 e. The molecule has 1 aliphatic heterocycles. The van der Waals surface area contributed by atoms with E-state index in [-0.39, 0.29) is 0 Å². The third-order valence-corrected chi connectivity index (χ3v) is 3.13. The molecule has 1 unspecified atom stereocenters. The van der Waals surface area contributed by atoms with E-state index in [1.54, 1.807) is 0 Å². The fraction of sp³-hybridized carbons (Fsp3) is 0.385. The highest BCUT2D eigenvalue weighted by molar-refractivity contribution is 5.77. The van der Waals surface area contributed by atoms with Gasteiger partial charge in [0.05, 0.1) is 0 Å². The first-order valence-electron chi connectivity index (χ1n) is 5.60. The lowest BCUT2D eigenvalue weighted by molar-refractivity contribution is 0.478. The first-order chi connectivity index (χ1) is 7.42. The summed E-state index contributed by atoms with van der Waals surface area (Å²) in [7, 11) is 0. The van der Waals surface area contributed by atoms with E-state index in [2.05, 4.69) is 23.5 Å². The van der Waals surface area contributed by atoms with Crippen molar-refractivity contribution in [2.24, 2.45) is 5.92 Å². The van der Waals surface area contributed by atoms with Gasteiger partial charge in [0.2, 0.25) is 0 Å². The Labute approximate surface area is 89.3 Å². The molecule has 1 N–H and O–H groups in total. The molecule has 0 saturated carbocycles. The maximum absolute atomic E-state index is 5.80. The molecule has 0 amide bonds. The van der Waals surface area contributed by atoms with Crippen LogP contribution in [0.5, 0.6) is 0 Å². The van der Waals surface area contributed by atoms with Gasteiger partial charge in [-0.3, -0.25) is 0 Å². The predicted octanol–water partition coefficient (Wildman–Crippen LogP) is 2.58. The molecular formula is C13H15NO. The van der Waals surface area contributed by atoms with Gasteiger partial charge in [0, 0.05) is 11.8 Å². The van der Waals surface area contributed by atoms with Crippen LogP contribution in [0.1, 0.15) is 12.2 Å². The average molecular weight is 201 g/mol. The van der Waals surface area contributed by atoms with Gasteiger partial charge in [0.25, 0.3) is 0 Å². The molecule has 2 nitrogen and oxygen atoms in total. The van der Waals surface area contributed by atoms with Crippen molar-refractivity contribution in [1.82, 2.24) is 5.32 Å². The van der Waals surface area contributed by atoms with Crippen molar-refractivity contribution in [3.63, 3.8) is 0 Å². The van der Waals surface area contributed by atoms with Crippen LogP contribution >= 0.6 is 0 Å². The van der Waals surface area contributed by atoms with E-state index < -0.39 is 0 Å². The molecule has 1 aliphatic rings. The lowest BCUT2D eigenvalue weighted by Gasteiger charge is -2.03. The molecular weight excluding hydrogens is 186 g/mol. The van der Waals surface area contributed by atoms with Gasteiger partial charge in [-0.15, -0.1) is 0 Å². The molecule has 1 atom stereocenters. The molecule has 1 saturated heterocycles. The molecule has 0 bridgehead atoms. The summed E-state index contributed by atoms with van der Waals surface area (Å²) in [5.74, 6) is 1.88. The Morgan fingerprint density at radius 3 is 3.07 bits per heavy atom. The lowest BCUT2D eigenvalue weighted by atomic mass is 10.0. The first-order valence-corrected chi connectivity index (χ1v) is 5.60. The van der Waals surface area contributed by atoms with Gasteiger partial charge >= 0.3 is 0 Å². The Morgan fingerprint density at radius 2 is 2.27 bits per heavy atom. The van der Waals surface area contributed by atoms with Crippen molar-refractivity contribution in [2.75, 3.05) is 13.1 Å². The number of rotatable bonds is 2. The zero-order chi connectivity index (χ0) is 10.1. The van der Waals surface area contributed by atoms with Crippen LogP contribution in [0.4, 0.5) is 0 Å². The minimum Gasteiger partial charge on any atom is -0.461 e. The number of hydrogen-bond acceptors (Lipinski definition) is 2. The average Bonchev–Trinajstić information content (AvgIpc) is 2.86. The molecule has 2 heterocycles. The molecule has 78 valence electrons. The zero-order valence-electron chi connectivity index (χ0n) is 8.70. The second-order valence-electron chi connectivity index (χ2n) is 4.31. The summed E-state index contributed by atoms with van der Waals surface area (Å²) in [5.41, 5.74) is 1.01. The van der Waals surface area contributed by atoms with Gasteiger partial charge in [-0.05, 0) is 37.6 Å². The standard InChI is InChI=1S/C13H15NO/c1-2-4-13-11(3-1)8-12(15-13)7-10-5-6-14-9-10/h1-4,8,10,14H,5-7,9H2. The smallest absolute Gasteiger partial charge is 0.134 e. The Bertz CT molecular complexity index is 421. The zero-order valence-corrected chi connectivity index (χ0v) is 8.70. The van der Waals surface area contributed by atoms with E-state index in [9.17, 15) is 0 Å². The molecule has 0 spiro atoms. The summed E-state index contributed by atoms with van der Waals surface area (Å²) in [4.78, 5) is 0. The highest BCUT2D eigenvalue weighted by Crippen LogP contribution is 2.22. The molecule has 15 heavy (non-hydrogen) atoms. The van der Waals surface area contributed by atoms with Crippen LogP contribution in [0.3, 0.4) is 0 Å². The number of nitrogens with one attached hydrogen (secondary N) is 1. The van der Waals surface area contributed by atoms with E-state index in [4.69, 9.17) is 4.42 Å². The van der Waals surface area contributed by atoms with Crippen molar-refractivity contribution in [1.29, 1.82) is 0 Å². The number of benzene rings is 1. The number of furan rings is 1. The molecule has 1 aromatic heterocycles. The summed E-state index contributed by atoms with van der Waals surface area (Å²) in [6, 6.07) is 10.4. The molecule has 1 fully saturated rings. The first kappa shape index (κ1) is 8.98. The van der Waals surface area contributed by atoms with E-state index in [0.717, 1.165) is 36.8 Å². The number of fused-ring (bicyclic) bond motifs is 1. The molecule has 2 heteroatoms. The van der Waals surface area contributed by atoms with Crippen molar-refractivity contribution >= 4 is 11.0 Å². The topological polar surface area (TPSA) is 25.2 Å². The molecule has 2 aromatic rings. The molecule has 0 radical (unpaired) electrons. The summed E-state index contributed by atoms with van der Waals surface area (Å²) in [6.45, 7) is 2.29. The van der Waals surface area contributed by atoms with Crippen molar-refractivity contribution < 1.29 is 4.42 Å². The van der Waals surface area contributed by atoms with Crippen LogP contribution in [-0.4, -0.2) is 13.1 Å². The third kappa shape index (κ3) is 1.77. The molecule has 3 rings (SSSR count). The minimum atomic E-state index is 0.755. The summed E-state index contributed by atoms with van der Waals surface area (Å²) >= 11 is 0. The van der Waals surface area contributed by atoms with Crippen molar-refractivity contribution in [3.05, 3.63) is 36.1 Å². The van der Waals surface area contributed by atoms with Gasteiger partial charge in [0.15, 0.2) is 0 Å². The maximum atomic E-state index is 5.80. The SMILES string of the molecule is c1ccc2oc(CC3CCNC3)cc2c1. The number of para-hydroxylation sites is 1.